The Kier molecular flexibility index (Phi) is 10.2. The van der Waals surface area contributed by atoms with E-state index in [2.05, 4.69) is 20.1 Å². The summed E-state index contributed by atoms with van der Waals surface area (Å²) in [5, 5.41) is 26.7. The summed E-state index contributed by atoms with van der Waals surface area (Å²) in [5.41, 5.74) is 25.5. The molecule has 0 aliphatic carbocycles. The van der Waals surface area contributed by atoms with E-state index in [1.165, 1.54) is 11.1 Å². The molecular formula is C24H34N6O2. The van der Waals surface area contributed by atoms with E-state index in [0.717, 1.165) is 33.4 Å². The molecule has 0 aliphatic heterocycles. The highest BCUT2D eigenvalue weighted by atomic mass is 16.3. The van der Waals surface area contributed by atoms with E-state index in [0.29, 0.717) is 0 Å². The Balaban J connectivity index is 0.000000320. The van der Waals surface area contributed by atoms with Gasteiger partial charge < -0.3 is 10.2 Å². The van der Waals surface area contributed by atoms with Gasteiger partial charge in [0.1, 0.15) is 0 Å². The van der Waals surface area contributed by atoms with Crippen LogP contribution in [-0.2, 0) is 0 Å². The van der Waals surface area contributed by atoms with Crippen LogP contribution >= 0.6 is 0 Å². The highest BCUT2D eigenvalue weighted by molar-refractivity contribution is 5.41. The molecule has 2 N–H and O–H groups in total. The molecule has 0 aromatic heterocycles. The lowest BCUT2D eigenvalue weighted by molar-refractivity contribution is 0.163. The summed E-state index contributed by atoms with van der Waals surface area (Å²) in [4.78, 5) is 5.61. The van der Waals surface area contributed by atoms with Gasteiger partial charge in [0, 0.05) is 9.82 Å². The number of nitrogens with zero attached hydrogens (tertiary/aromatic N) is 6. The van der Waals surface area contributed by atoms with E-state index in [1.54, 1.807) is 13.8 Å². The fourth-order valence-electron chi connectivity index (χ4n) is 4.22. The summed E-state index contributed by atoms with van der Waals surface area (Å²) >= 11 is 0. The van der Waals surface area contributed by atoms with E-state index in [-0.39, 0.29) is 0 Å². The summed E-state index contributed by atoms with van der Waals surface area (Å²) < 4.78 is 0. The molecule has 0 saturated carbocycles. The molecule has 2 aromatic carbocycles. The normalized spacial score (nSPS) is 14.1. The molecule has 0 saturated heterocycles. The smallest absolute Gasteiger partial charge is 0.0887 e. The molecule has 0 aliphatic rings. The third-order valence-corrected chi connectivity index (χ3v) is 5.33. The Morgan fingerprint density at radius 3 is 1.06 bits per heavy atom. The first-order valence-electron chi connectivity index (χ1n) is 10.5. The van der Waals surface area contributed by atoms with Crippen LogP contribution in [0.2, 0.25) is 0 Å². The summed E-state index contributed by atoms with van der Waals surface area (Å²) in [7, 11) is 0. The molecule has 32 heavy (non-hydrogen) atoms. The van der Waals surface area contributed by atoms with Gasteiger partial charge in [-0.15, -0.1) is 0 Å². The molecule has 8 heteroatoms. The predicted molar refractivity (Wildman–Crippen MR) is 128 cm³/mol. The highest BCUT2D eigenvalue weighted by Crippen LogP contribution is 2.30. The number of aliphatic hydroxyl groups is 2. The van der Waals surface area contributed by atoms with Gasteiger partial charge in [0.2, 0.25) is 0 Å². The van der Waals surface area contributed by atoms with Crippen molar-refractivity contribution in [2.75, 3.05) is 0 Å². The summed E-state index contributed by atoms with van der Waals surface area (Å²) in [6.07, 6.45) is -1.37. The summed E-state index contributed by atoms with van der Waals surface area (Å²) in [6.45, 7) is 15.2. The van der Waals surface area contributed by atoms with Crippen LogP contribution in [0, 0.1) is 41.5 Å². The third kappa shape index (κ3) is 7.01. The van der Waals surface area contributed by atoms with Crippen molar-refractivity contribution >= 4 is 0 Å². The van der Waals surface area contributed by atoms with Gasteiger partial charge in [-0.05, 0) is 99.8 Å². The molecule has 4 atom stereocenters. The number of rotatable bonds is 6. The second kappa shape index (κ2) is 12.1. The standard InChI is InChI=1S/2C12H17N3O/c2*1-7-5-8(2)11(9(3)6-7)12(10(4)16)14-15-13/h2*5-6,10,12,16H,1-4H3/t2*10-,12-/m10/s1. The van der Waals surface area contributed by atoms with Crippen molar-refractivity contribution in [1.29, 1.82) is 0 Å². The van der Waals surface area contributed by atoms with E-state index in [1.807, 2.05) is 65.8 Å². The molecule has 2 aromatic rings. The van der Waals surface area contributed by atoms with Gasteiger partial charge in [-0.2, -0.15) is 0 Å². The Hall–Kier alpha value is -3.02. The van der Waals surface area contributed by atoms with Gasteiger partial charge >= 0.3 is 0 Å². The largest absolute Gasteiger partial charge is 0.393 e. The summed E-state index contributed by atoms with van der Waals surface area (Å²) in [6, 6.07) is 7.11. The number of benzene rings is 2. The number of aryl methyl sites for hydroxylation is 6. The topological polar surface area (TPSA) is 138 Å². The van der Waals surface area contributed by atoms with Gasteiger partial charge in [-0.3, -0.25) is 0 Å². The molecule has 172 valence electrons. The molecule has 0 fully saturated rings. The van der Waals surface area contributed by atoms with Crippen molar-refractivity contribution in [1.82, 2.24) is 0 Å². The van der Waals surface area contributed by atoms with Gasteiger partial charge in [0.05, 0.1) is 24.3 Å². The first kappa shape index (κ1) is 27.0. The predicted octanol–water partition coefficient (Wildman–Crippen LogP) is 6.69. The fourth-order valence-corrected chi connectivity index (χ4v) is 4.22. The zero-order valence-corrected chi connectivity index (χ0v) is 20.2. The second-order valence-electron chi connectivity index (χ2n) is 8.41. The lowest BCUT2D eigenvalue weighted by atomic mass is 9.92. The Morgan fingerprint density at radius 1 is 0.625 bits per heavy atom. The van der Waals surface area contributed by atoms with Crippen LogP contribution < -0.4 is 0 Å². The second-order valence-corrected chi connectivity index (χ2v) is 8.41. The van der Waals surface area contributed by atoms with Crippen molar-refractivity contribution in [3.63, 3.8) is 0 Å². The Bertz CT molecular complexity index is 905. The first-order valence-corrected chi connectivity index (χ1v) is 10.5. The van der Waals surface area contributed by atoms with Crippen LogP contribution in [0.5, 0.6) is 0 Å². The minimum Gasteiger partial charge on any atom is -0.393 e. The average Bonchev–Trinajstić information content (AvgIpc) is 2.65. The van der Waals surface area contributed by atoms with E-state index >= 15 is 0 Å². The minimum atomic E-state index is -0.684. The maximum absolute atomic E-state index is 9.65. The molecule has 0 radical (unpaired) electrons. The molecule has 0 unspecified atom stereocenters. The van der Waals surface area contributed by atoms with Crippen LogP contribution in [0.25, 0.3) is 20.9 Å². The lowest BCUT2D eigenvalue weighted by Gasteiger charge is -2.20. The highest BCUT2D eigenvalue weighted by Gasteiger charge is 2.20. The molecular weight excluding hydrogens is 404 g/mol. The van der Waals surface area contributed by atoms with Crippen molar-refractivity contribution < 1.29 is 10.2 Å². The monoisotopic (exact) mass is 438 g/mol. The number of azide groups is 2. The van der Waals surface area contributed by atoms with E-state index < -0.39 is 24.3 Å². The molecule has 0 spiro atoms. The van der Waals surface area contributed by atoms with Crippen LogP contribution in [0.1, 0.15) is 70.4 Å². The molecule has 8 nitrogen and oxygen atoms in total. The van der Waals surface area contributed by atoms with E-state index in [4.69, 9.17) is 11.1 Å². The zero-order chi connectivity index (χ0) is 24.6. The third-order valence-electron chi connectivity index (χ3n) is 5.33. The van der Waals surface area contributed by atoms with Crippen molar-refractivity contribution in [3.05, 3.63) is 89.7 Å². The first-order chi connectivity index (χ1) is 14.9. The van der Waals surface area contributed by atoms with Gasteiger partial charge in [0.15, 0.2) is 0 Å². The minimum absolute atomic E-state index is 0.509. The number of hydrogen-bond donors (Lipinski definition) is 2. The van der Waals surface area contributed by atoms with Gasteiger partial charge in [0.25, 0.3) is 0 Å². The van der Waals surface area contributed by atoms with Crippen molar-refractivity contribution in [2.24, 2.45) is 10.2 Å². The van der Waals surface area contributed by atoms with Crippen LogP contribution in [-0.4, -0.2) is 22.4 Å². The molecule has 0 heterocycles. The average molecular weight is 439 g/mol. The van der Waals surface area contributed by atoms with Crippen molar-refractivity contribution in [3.8, 4) is 0 Å². The molecule has 0 amide bonds. The number of hydrogen-bond acceptors (Lipinski definition) is 4. The fraction of sp³-hybridized carbons (Fsp3) is 0.500. The maximum atomic E-state index is 9.65. The van der Waals surface area contributed by atoms with Gasteiger partial charge in [-0.25, -0.2) is 0 Å². The van der Waals surface area contributed by atoms with Gasteiger partial charge in [-0.1, -0.05) is 45.6 Å². The summed E-state index contributed by atoms with van der Waals surface area (Å²) in [5.74, 6) is 0. The lowest BCUT2D eigenvalue weighted by Crippen LogP contribution is -2.14. The molecule has 0 bridgehead atoms. The Labute approximate surface area is 190 Å². The number of aliphatic hydroxyl groups excluding tert-OH is 2. The van der Waals surface area contributed by atoms with Crippen LogP contribution in [0.4, 0.5) is 0 Å². The Morgan fingerprint density at radius 2 is 0.875 bits per heavy atom. The maximum Gasteiger partial charge on any atom is 0.0887 e. The van der Waals surface area contributed by atoms with Crippen LogP contribution in [0.3, 0.4) is 0 Å². The zero-order valence-electron chi connectivity index (χ0n) is 20.2. The van der Waals surface area contributed by atoms with Crippen LogP contribution in [0.15, 0.2) is 34.5 Å². The van der Waals surface area contributed by atoms with Crippen molar-refractivity contribution in [2.45, 2.75) is 79.7 Å². The molecule has 2 rings (SSSR count). The van der Waals surface area contributed by atoms with E-state index in [9.17, 15) is 10.2 Å². The SMILES string of the molecule is Cc1cc(C)c([C@@H](N=[N+]=[N-])[C@H](C)O)c(C)c1.Cc1cc(C)c([C@H](N=[N+]=[N-])[C@@H](C)O)c(C)c1. The quantitative estimate of drug-likeness (QED) is 0.295.